The molecule has 1 fully saturated rings. The molecular weight excluding hydrogens is 154 g/mol. The molecule has 0 spiro atoms. The minimum absolute atomic E-state index is 0.157. The quantitative estimate of drug-likeness (QED) is 0.609. The molecule has 0 aromatic carbocycles. The number of carbonyl (C=O) groups is 1. The zero-order valence-corrected chi connectivity index (χ0v) is 7.41. The summed E-state index contributed by atoms with van der Waals surface area (Å²) in [6.45, 7) is 1.28. The van der Waals surface area contributed by atoms with Gasteiger partial charge in [0, 0.05) is 12.6 Å². The summed E-state index contributed by atoms with van der Waals surface area (Å²) in [5, 5.41) is 8.77. The molecule has 0 saturated heterocycles. The first-order valence-corrected chi connectivity index (χ1v) is 4.67. The van der Waals surface area contributed by atoms with Gasteiger partial charge in [0.05, 0.1) is 13.2 Å². The number of aliphatic hydroxyl groups is 1. The van der Waals surface area contributed by atoms with E-state index in [4.69, 9.17) is 5.11 Å². The average Bonchev–Trinajstić information content (AvgIpc) is 2.56. The Bertz CT molecular complexity index is 132. The third kappa shape index (κ3) is 2.57. The van der Waals surface area contributed by atoms with Crippen LogP contribution in [-0.4, -0.2) is 42.0 Å². The number of rotatable bonds is 5. The van der Waals surface area contributed by atoms with Crippen LogP contribution in [-0.2, 0) is 4.79 Å². The van der Waals surface area contributed by atoms with E-state index in [-0.39, 0.29) is 6.61 Å². The number of aldehydes is 1. The Balaban J connectivity index is 2.33. The third-order valence-electron chi connectivity index (χ3n) is 2.54. The van der Waals surface area contributed by atoms with Crippen LogP contribution in [0.15, 0.2) is 0 Å². The number of carbonyl (C=O) groups excluding carboxylic acids is 1. The highest BCUT2D eigenvalue weighted by atomic mass is 16.3. The predicted octanol–water partition coefficient (Wildman–Crippen LogP) is 0.422. The van der Waals surface area contributed by atoms with Gasteiger partial charge in [-0.05, 0) is 12.8 Å². The number of aliphatic hydroxyl groups excluding tert-OH is 1. The maximum absolute atomic E-state index is 10.3. The molecule has 0 aromatic heterocycles. The van der Waals surface area contributed by atoms with Crippen molar-refractivity contribution in [3.05, 3.63) is 0 Å². The molecule has 70 valence electrons. The van der Waals surface area contributed by atoms with Gasteiger partial charge in [-0.25, -0.2) is 0 Å². The van der Waals surface area contributed by atoms with Gasteiger partial charge >= 0.3 is 0 Å². The van der Waals surface area contributed by atoms with Crippen LogP contribution >= 0.6 is 0 Å². The summed E-state index contributed by atoms with van der Waals surface area (Å²) in [6, 6.07) is 0.544. The van der Waals surface area contributed by atoms with Crippen molar-refractivity contribution in [1.82, 2.24) is 4.90 Å². The molecule has 1 saturated carbocycles. The summed E-state index contributed by atoms with van der Waals surface area (Å²) >= 11 is 0. The molecule has 12 heavy (non-hydrogen) atoms. The van der Waals surface area contributed by atoms with Crippen LogP contribution < -0.4 is 0 Å². The van der Waals surface area contributed by atoms with Gasteiger partial charge in [0.25, 0.3) is 0 Å². The molecular formula is C9H17NO2. The van der Waals surface area contributed by atoms with E-state index in [1.54, 1.807) is 0 Å². The first-order valence-electron chi connectivity index (χ1n) is 4.67. The second kappa shape index (κ2) is 5.27. The van der Waals surface area contributed by atoms with Gasteiger partial charge in [-0.1, -0.05) is 12.8 Å². The fraction of sp³-hybridized carbons (Fsp3) is 0.889. The highest BCUT2D eigenvalue weighted by Crippen LogP contribution is 2.22. The van der Waals surface area contributed by atoms with Crippen molar-refractivity contribution in [2.75, 3.05) is 19.7 Å². The summed E-state index contributed by atoms with van der Waals surface area (Å²) in [5.74, 6) is 0. The Labute approximate surface area is 73.4 Å². The van der Waals surface area contributed by atoms with Crippen LogP contribution in [0.25, 0.3) is 0 Å². The fourth-order valence-electron chi connectivity index (χ4n) is 1.92. The minimum Gasteiger partial charge on any atom is -0.395 e. The predicted molar refractivity (Wildman–Crippen MR) is 47.0 cm³/mol. The van der Waals surface area contributed by atoms with Gasteiger partial charge in [0.1, 0.15) is 6.29 Å². The zero-order valence-electron chi connectivity index (χ0n) is 7.41. The van der Waals surface area contributed by atoms with Gasteiger partial charge in [-0.3, -0.25) is 4.90 Å². The second-order valence-corrected chi connectivity index (χ2v) is 3.32. The van der Waals surface area contributed by atoms with E-state index in [1.165, 1.54) is 25.7 Å². The van der Waals surface area contributed by atoms with Crippen molar-refractivity contribution >= 4 is 6.29 Å². The normalized spacial score (nSPS) is 18.8. The summed E-state index contributed by atoms with van der Waals surface area (Å²) in [5.41, 5.74) is 0. The first kappa shape index (κ1) is 9.68. The zero-order chi connectivity index (χ0) is 8.81. The van der Waals surface area contributed by atoms with E-state index in [2.05, 4.69) is 4.90 Å². The Morgan fingerprint density at radius 3 is 2.58 bits per heavy atom. The maximum atomic E-state index is 10.3. The lowest BCUT2D eigenvalue weighted by Gasteiger charge is -2.25. The van der Waals surface area contributed by atoms with Crippen molar-refractivity contribution in [1.29, 1.82) is 0 Å². The van der Waals surface area contributed by atoms with Crippen LogP contribution in [0, 0.1) is 0 Å². The molecule has 0 amide bonds. The number of nitrogens with zero attached hydrogens (tertiary/aromatic N) is 1. The summed E-state index contributed by atoms with van der Waals surface area (Å²) in [6.07, 6.45) is 5.84. The lowest BCUT2D eigenvalue weighted by atomic mass is 10.2. The summed E-state index contributed by atoms with van der Waals surface area (Å²) < 4.78 is 0. The van der Waals surface area contributed by atoms with Crippen molar-refractivity contribution < 1.29 is 9.90 Å². The van der Waals surface area contributed by atoms with Crippen LogP contribution in [0.1, 0.15) is 25.7 Å². The third-order valence-corrected chi connectivity index (χ3v) is 2.54. The number of hydrogen-bond donors (Lipinski definition) is 1. The van der Waals surface area contributed by atoms with Crippen molar-refractivity contribution in [2.45, 2.75) is 31.7 Å². The molecule has 0 bridgehead atoms. The van der Waals surface area contributed by atoms with Crippen LogP contribution in [0.4, 0.5) is 0 Å². The monoisotopic (exact) mass is 171 g/mol. The lowest BCUT2D eigenvalue weighted by Crippen LogP contribution is -2.36. The Hall–Kier alpha value is -0.410. The molecule has 0 aliphatic heterocycles. The van der Waals surface area contributed by atoms with Crippen molar-refractivity contribution in [3.8, 4) is 0 Å². The van der Waals surface area contributed by atoms with Crippen LogP contribution in [0.5, 0.6) is 0 Å². The van der Waals surface area contributed by atoms with Crippen molar-refractivity contribution in [3.63, 3.8) is 0 Å². The Kier molecular flexibility index (Phi) is 4.25. The van der Waals surface area contributed by atoms with E-state index in [0.29, 0.717) is 19.1 Å². The van der Waals surface area contributed by atoms with Crippen LogP contribution in [0.2, 0.25) is 0 Å². The molecule has 1 aliphatic carbocycles. The number of hydrogen-bond acceptors (Lipinski definition) is 3. The minimum atomic E-state index is 0.157. The molecule has 0 heterocycles. The molecule has 0 aromatic rings. The maximum Gasteiger partial charge on any atom is 0.133 e. The molecule has 1 aliphatic rings. The molecule has 0 unspecified atom stereocenters. The molecule has 0 atom stereocenters. The Morgan fingerprint density at radius 2 is 2.08 bits per heavy atom. The van der Waals surface area contributed by atoms with Gasteiger partial charge in [0.2, 0.25) is 0 Å². The molecule has 0 radical (unpaired) electrons. The van der Waals surface area contributed by atoms with Crippen LogP contribution in [0.3, 0.4) is 0 Å². The van der Waals surface area contributed by atoms with E-state index in [0.717, 1.165) is 6.29 Å². The molecule has 3 nitrogen and oxygen atoms in total. The molecule has 1 N–H and O–H groups in total. The first-order chi connectivity index (χ1) is 5.88. The highest BCUT2D eigenvalue weighted by Gasteiger charge is 2.21. The van der Waals surface area contributed by atoms with Crippen molar-refractivity contribution in [2.24, 2.45) is 0 Å². The highest BCUT2D eigenvalue weighted by molar-refractivity contribution is 5.52. The summed E-state index contributed by atoms with van der Waals surface area (Å²) in [7, 11) is 0. The topological polar surface area (TPSA) is 40.5 Å². The van der Waals surface area contributed by atoms with E-state index < -0.39 is 0 Å². The van der Waals surface area contributed by atoms with Gasteiger partial charge in [-0.2, -0.15) is 0 Å². The summed E-state index contributed by atoms with van der Waals surface area (Å²) in [4.78, 5) is 12.4. The molecule has 1 rings (SSSR count). The van der Waals surface area contributed by atoms with Gasteiger partial charge < -0.3 is 9.90 Å². The average molecular weight is 171 g/mol. The smallest absolute Gasteiger partial charge is 0.133 e. The SMILES string of the molecule is O=CCN(CCO)C1CCCC1. The fourth-order valence-corrected chi connectivity index (χ4v) is 1.92. The van der Waals surface area contributed by atoms with Gasteiger partial charge in [0.15, 0.2) is 0 Å². The Morgan fingerprint density at radius 1 is 1.42 bits per heavy atom. The van der Waals surface area contributed by atoms with E-state index in [9.17, 15) is 4.79 Å². The second-order valence-electron chi connectivity index (χ2n) is 3.32. The van der Waals surface area contributed by atoms with E-state index in [1.807, 2.05) is 0 Å². The lowest BCUT2D eigenvalue weighted by molar-refractivity contribution is -0.109. The largest absolute Gasteiger partial charge is 0.395 e. The van der Waals surface area contributed by atoms with E-state index >= 15 is 0 Å². The molecule has 3 heteroatoms. The van der Waals surface area contributed by atoms with Gasteiger partial charge in [-0.15, -0.1) is 0 Å². The standard InChI is InChI=1S/C9H17NO2/c11-7-5-10(6-8-12)9-3-1-2-4-9/h7,9,12H,1-6,8H2.